The molecule has 0 amide bonds. The van der Waals surface area contributed by atoms with Crippen LogP contribution < -0.4 is 5.32 Å². The molecule has 0 radical (unpaired) electrons. The molecule has 0 aromatic heterocycles. The van der Waals surface area contributed by atoms with Crippen molar-refractivity contribution in [2.24, 2.45) is 5.92 Å². The van der Waals surface area contributed by atoms with Crippen LogP contribution in [0.5, 0.6) is 0 Å². The number of hydrogen-bond acceptors (Lipinski definition) is 3. The molecule has 0 aliphatic heterocycles. The summed E-state index contributed by atoms with van der Waals surface area (Å²) in [4.78, 5) is 10.1. The molecule has 0 aliphatic carbocycles. The Kier molecular flexibility index (Phi) is 5.35. The molecule has 1 N–H and O–H groups in total. The molecule has 1 atom stereocenters. The highest BCUT2D eigenvalue weighted by Gasteiger charge is 2.25. The molecule has 106 valence electrons. The van der Waals surface area contributed by atoms with Crippen molar-refractivity contribution >= 4 is 5.69 Å². The fourth-order valence-corrected chi connectivity index (χ4v) is 2.02. The number of likely N-dealkylation sites (N-methyl/N-ethyl adjacent to an activating group) is 1. The van der Waals surface area contributed by atoms with Crippen LogP contribution in [0.3, 0.4) is 0 Å². The third-order valence-electron chi connectivity index (χ3n) is 3.00. The zero-order valence-electron chi connectivity index (χ0n) is 11.2. The van der Waals surface area contributed by atoms with Gasteiger partial charge in [-0.1, -0.05) is 20.8 Å². The Hall–Kier alpha value is -1.56. The Morgan fingerprint density at radius 1 is 1.37 bits per heavy atom. The highest BCUT2D eigenvalue weighted by atomic mass is 19.1. The van der Waals surface area contributed by atoms with Gasteiger partial charge in [-0.2, -0.15) is 4.39 Å². The highest BCUT2D eigenvalue weighted by Crippen LogP contribution is 2.26. The average Bonchev–Trinajstić information content (AvgIpc) is 2.26. The number of hydrogen-bond donors (Lipinski definition) is 1. The lowest BCUT2D eigenvalue weighted by molar-refractivity contribution is -0.388. The van der Waals surface area contributed by atoms with Crippen molar-refractivity contribution in [2.75, 3.05) is 6.54 Å². The van der Waals surface area contributed by atoms with E-state index in [1.807, 2.05) is 20.8 Å². The maximum Gasteiger partial charge on any atom is 0.308 e. The molecule has 6 heteroatoms. The van der Waals surface area contributed by atoms with E-state index in [-0.39, 0.29) is 23.9 Å². The third-order valence-corrected chi connectivity index (χ3v) is 3.00. The van der Waals surface area contributed by atoms with Gasteiger partial charge in [-0.25, -0.2) is 4.39 Å². The minimum absolute atomic E-state index is 0.0649. The summed E-state index contributed by atoms with van der Waals surface area (Å²) in [6, 6.07) is 1.51. The second-order valence-electron chi connectivity index (χ2n) is 4.76. The standard InChI is InChI=1S/C13H18F2N2O2/c1-4-16-12(8(2)3)6-9-5-10(14)7-11(15)13(9)17(18)19/h5,7-8,12,16H,4,6H2,1-3H3. The molecular weight excluding hydrogens is 254 g/mol. The van der Waals surface area contributed by atoms with Gasteiger partial charge in [0.15, 0.2) is 0 Å². The minimum atomic E-state index is -1.13. The van der Waals surface area contributed by atoms with Gasteiger partial charge >= 0.3 is 5.69 Å². The lowest BCUT2D eigenvalue weighted by atomic mass is 9.95. The van der Waals surface area contributed by atoms with E-state index in [0.717, 1.165) is 6.07 Å². The molecule has 1 aromatic rings. The Labute approximate surface area is 111 Å². The number of nitrogens with zero attached hydrogens (tertiary/aromatic N) is 1. The molecule has 0 spiro atoms. The van der Waals surface area contributed by atoms with Gasteiger partial charge in [0.1, 0.15) is 5.82 Å². The SMILES string of the molecule is CCNC(Cc1cc(F)cc(F)c1[N+](=O)[O-])C(C)C. The zero-order valence-corrected chi connectivity index (χ0v) is 11.2. The number of halogens is 2. The summed E-state index contributed by atoms with van der Waals surface area (Å²) < 4.78 is 26.7. The van der Waals surface area contributed by atoms with E-state index in [9.17, 15) is 18.9 Å². The normalized spacial score (nSPS) is 12.7. The van der Waals surface area contributed by atoms with E-state index in [1.54, 1.807) is 0 Å². The number of rotatable bonds is 6. The summed E-state index contributed by atoms with van der Waals surface area (Å²) in [5, 5.41) is 14.1. The monoisotopic (exact) mass is 272 g/mol. The van der Waals surface area contributed by atoms with E-state index in [4.69, 9.17) is 0 Å². The van der Waals surface area contributed by atoms with Crippen LogP contribution in [0.4, 0.5) is 14.5 Å². The molecule has 0 fully saturated rings. The molecule has 0 saturated carbocycles. The average molecular weight is 272 g/mol. The first kappa shape index (κ1) is 15.5. The van der Waals surface area contributed by atoms with Crippen LogP contribution in [0.2, 0.25) is 0 Å². The highest BCUT2D eigenvalue weighted by molar-refractivity contribution is 5.42. The molecule has 1 aromatic carbocycles. The van der Waals surface area contributed by atoms with Gasteiger partial charge in [0, 0.05) is 17.7 Å². The second kappa shape index (κ2) is 6.56. The first-order valence-corrected chi connectivity index (χ1v) is 6.22. The summed E-state index contributed by atoms with van der Waals surface area (Å²) in [5.74, 6) is -1.72. The summed E-state index contributed by atoms with van der Waals surface area (Å²) in [5.41, 5.74) is -0.549. The van der Waals surface area contributed by atoms with E-state index < -0.39 is 22.2 Å². The van der Waals surface area contributed by atoms with Gasteiger partial charge in [-0.05, 0) is 24.9 Å². The predicted molar refractivity (Wildman–Crippen MR) is 69.0 cm³/mol. The molecule has 1 unspecified atom stereocenters. The third kappa shape index (κ3) is 3.96. The number of nitro groups is 1. The zero-order chi connectivity index (χ0) is 14.6. The Morgan fingerprint density at radius 2 is 2.00 bits per heavy atom. The van der Waals surface area contributed by atoms with E-state index in [0.29, 0.717) is 12.6 Å². The lowest BCUT2D eigenvalue weighted by Gasteiger charge is -2.21. The van der Waals surface area contributed by atoms with Gasteiger partial charge in [-0.3, -0.25) is 10.1 Å². The Bertz CT molecular complexity index is 464. The second-order valence-corrected chi connectivity index (χ2v) is 4.76. The molecule has 0 heterocycles. The summed E-state index contributed by atoms with van der Waals surface area (Å²) in [6.07, 6.45) is 0.219. The maximum absolute atomic E-state index is 13.5. The molecule has 0 bridgehead atoms. The van der Waals surface area contributed by atoms with E-state index in [1.165, 1.54) is 0 Å². The van der Waals surface area contributed by atoms with Crippen LogP contribution in [0.25, 0.3) is 0 Å². The van der Waals surface area contributed by atoms with Crippen molar-refractivity contribution in [3.05, 3.63) is 39.4 Å². The number of nitrogens with one attached hydrogen (secondary N) is 1. The van der Waals surface area contributed by atoms with Crippen molar-refractivity contribution in [3.8, 4) is 0 Å². The molecule has 19 heavy (non-hydrogen) atoms. The van der Waals surface area contributed by atoms with Gasteiger partial charge in [-0.15, -0.1) is 0 Å². The molecule has 0 saturated heterocycles. The topological polar surface area (TPSA) is 55.2 Å². The summed E-state index contributed by atoms with van der Waals surface area (Å²) >= 11 is 0. The van der Waals surface area contributed by atoms with Crippen LogP contribution in [-0.2, 0) is 6.42 Å². The van der Waals surface area contributed by atoms with Crippen LogP contribution in [0.15, 0.2) is 12.1 Å². The Balaban J connectivity index is 3.14. The minimum Gasteiger partial charge on any atom is -0.314 e. The Morgan fingerprint density at radius 3 is 2.47 bits per heavy atom. The molecular formula is C13H18F2N2O2. The van der Waals surface area contributed by atoms with Crippen molar-refractivity contribution in [2.45, 2.75) is 33.2 Å². The molecule has 0 aliphatic rings. The van der Waals surface area contributed by atoms with Crippen molar-refractivity contribution in [1.82, 2.24) is 5.32 Å². The van der Waals surface area contributed by atoms with Crippen LogP contribution in [0.1, 0.15) is 26.3 Å². The first-order chi connectivity index (χ1) is 8.86. The van der Waals surface area contributed by atoms with Gasteiger partial charge in [0.2, 0.25) is 5.82 Å². The maximum atomic E-state index is 13.5. The van der Waals surface area contributed by atoms with Crippen LogP contribution in [-0.4, -0.2) is 17.5 Å². The van der Waals surface area contributed by atoms with Gasteiger partial charge in [0.25, 0.3) is 0 Å². The fraction of sp³-hybridized carbons (Fsp3) is 0.538. The van der Waals surface area contributed by atoms with Crippen molar-refractivity contribution < 1.29 is 13.7 Å². The largest absolute Gasteiger partial charge is 0.314 e. The fourth-order valence-electron chi connectivity index (χ4n) is 2.02. The number of nitro benzene ring substituents is 1. The summed E-state index contributed by atoms with van der Waals surface area (Å²) in [6.45, 7) is 6.51. The number of benzene rings is 1. The van der Waals surface area contributed by atoms with Crippen LogP contribution in [0, 0.1) is 27.7 Å². The summed E-state index contributed by atoms with van der Waals surface area (Å²) in [7, 11) is 0. The molecule has 1 rings (SSSR count). The van der Waals surface area contributed by atoms with Crippen LogP contribution >= 0.6 is 0 Å². The van der Waals surface area contributed by atoms with E-state index in [2.05, 4.69) is 5.32 Å². The lowest BCUT2D eigenvalue weighted by Crippen LogP contribution is -2.35. The predicted octanol–water partition coefficient (Wildman–Crippen LogP) is 3.05. The quantitative estimate of drug-likeness (QED) is 0.639. The molecule has 4 nitrogen and oxygen atoms in total. The van der Waals surface area contributed by atoms with E-state index >= 15 is 0 Å². The smallest absolute Gasteiger partial charge is 0.308 e. The first-order valence-electron chi connectivity index (χ1n) is 6.22. The van der Waals surface area contributed by atoms with Crippen molar-refractivity contribution in [3.63, 3.8) is 0 Å². The van der Waals surface area contributed by atoms with Gasteiger partial charge in [0.05, 0.1) is 4.92 Å². The van der Waals surface area contributed by atoms with Gasteiger partial charge < -0.3 is 5.32 Å². The van der Waals surface area contributed by atoms with Crippen molar-refractivity contribution in [1.29, 1.82) is 0 Å².